The van der Waals surface area contributed by atoms with Gasteiger partial charge in [-0.25, -0.2) is 4.39 Å². The number of benzene rings is 1. The van der Waals surface area contributed by atoms with E-state index >= 15 is 0 Å². The van der Waals surface area contributed by atoms with Crippen molar-refractivity contribution in [2.45, 2.75) is 6.42 Å². The van der Waals surface area contributed by atoms with Gasteiger partial charge in [0, 0.05) is 12.6 Å². The molecule has 0 aliphatic heterocycles. The van der Waals surface area contributed by atoms with Crippen molar-refractivity contribution in [3.05, 3.63) is 58.8 Å². The van der Waals surface area contributed by atoms with Crippen LogP contribution >= 0.6 is 11.6 Å². The first-order valence-electron chi connectivity index (χ1n) is 5.67. The van der Waals surface area contributed by atoms with Crippen molar-refractivity contribution in [1.29, 1.82) is 0 Å². The van der Waals surface area contributed by atoms with Crippen molar-refractivity contribution in [1.82, 2.24) is 14.6 Å². The zero-order chi connectivity index (χ0) is 13.4. The lowest BCUT2D eigenvalue weighted by Gasteiger charge is -2.03. The first-order valence-corrected chi connectivity index (χ1v) is 6.05. The topological polar surface area (TPSA) is 56.2 Å². The standard InChI is InChI=1S/C13H10ClFN4/c14-10-5-6-19-11(17-18-13(19)12(10)16)7-8-1-3-9(15)4-2-8/h1-6H,7,16H2. The molecule has 0 spiro atoms. The lowest BCUT2D eigenvalue weighted by atomic mass is 10.1. The zero-order valence-electron chi connectivity index (χ0n) is 9.85. The molecular weight excluding hydrogens is 267 g/mol. The number of nitrogens with two attached hydrogens (primary N) is 1. The van der Waals surface area contributed by atoms with E-state index in [0.717, 1.165) is 11.4 Å². The summed E-state index contributed by atoms with van der Waals surface area (Å²) in [5.74, 6) is 0.468. The molecule has 0 radical (unpaired) electrons. The number of halogens is 2. The normalized spacial score (nSPS) is 11.1. The highest BCUT2D eigenvalue weighted by atomic mass is 35.5. The second-order valence-corrected chi connectivity index (χ2v) is 4.60. The average Bonchev–Trinajstić information content (AvgIpc) is 2.80. The molecule has 2 heterocycles. The van der Waals surface area contributed by atoms with E-state index in [1.165, 1.54) is 12.1 Å². The zero-order valence-corrected chi connectivity index (χ0v) is 10.6. The largest absolute Gasteiger partial charge is 0.394 e. The van der Waals surface area contributed by atoms with Gasteiger partial charge in [-0.1, -0.05) is 23.7 Å². The molecule has 0 unspecified atom stereocenters. The summed E-state index contributed by atoms with van der Waals surface area (Å²) in [5.41, 5.74) is 7.73. The molecule has 0 aliphatic rings. The summed E-state index contributed by atoms with van der Waals surface area (Å²) in [4.78, 5) is 0. The number of hydrogen-bond acceptors (Lipinski definition) is 3. The Labute approximate surface area is 113 Å². The Balaban J connectivity index is 2.02. The van der Waals surface area contributed by atoms with Gasteiger partial charge in [0.2, 0.25) is 0 Å². The molecule has 0 bridgehead atoms. The van der Waals surface area contributed by atoms with Crippen LogP contribution < -0.4 is 5.73 Å². The highest BCUT2D eigenvalue weighted by molar-refractivity contribution is 6.33. The van der Waals surface area contributed by atoms with E-state index in [0.29, 0.717) is 22.8 Å². The SMILES string of the molecule is Nc1c(Cl)ccn2c(Cc3ccc(F)cc3)nnc12. The van der Waals surface area contributed by atoms with Gasteiger partial charge >= 0.3 is 0 Å². The van der Waals surface area contributed by atoms with E-state index in [4.69, 9.17) is 17.3 Å². The summed E-state index contributed by atoms with van der Waals surface area (Å²) in [6, 6.07) is 7.97. The molecule has 0 saturated heterocycles. The first-order chi connectivity index (χ1) is 9.15. The lowest BCUT2D eigenvalue weighted by Crippen LogP contribution is -1.98. The Hall–Kier alpha value is -2.14. The van der Waals surface area contributed by atoms with E-state index in [9.17, 15) is 4.39 Å². The Bertz CT molecular complexity index is 736. The first kappa shape index (κ1) is 11.9. The fourth-order valence-electron chi connectivity index (χ4n) is 1.91. The van der Waals surface area contributed by atoms with Gasteiger partial charge in [-0.2, -0.15) is 0 Å². The van der Waals surface area contributed by atoms with Crippen LogP contribution in [0.15, 0.2) is 36.5 Å². The van der Waals surface area contributed by atoms with Crippen LogP contribution in [0.5, 0.6) is 0 Å². The molecule has 4 nitrogen and oxygen atoms in total. The summed E-state index contributed by atoms with van der Waals surface area (Å²) in [7, 11) is 0. The molecule has 1 aromatic carbocycles. The molecule has 96 valence electrons. The molecule has 19 heavy (non-hydrogen) atoms. The van der Waals surface area contributed by atoms with Crippen molar-refractivity contribution in [2.75, 3.05) is 5.73 Å². The van der Waals surface area contributed by atoms with Crippen LogP contribution in [0.4, 0.5) is 10.1 Å². The van der Waals surface area contributed by atoms with Crippen molar-refractivity contribution in [3.8, 4) is 0 Å². The Morgan fingerprint density at radius 3 is 2.63 bits per heavy atom. The van der Waals surface area contributed by atoms with Crippen molar-refractivity contribution >= 4 is 22.9 Å². The van der Waals surface area contributed by atoms with Crippen LogP contribution in [0.3, 0.4) is 0 Å². The molecule has 0 fully saturated rings. The molecule has 0 aliphatic carbocycles. The van der Waals surface area contributed by atoms with Crippen LogP contribution in [0.2, 0.25) is 5.02 Å². The second-order valence-electron chi connectivity index (χ2n) is 4.19. The van der Waals surface area contributed by atoms with Gasteiger partial charge in [-0.05, 0) is 23.8 Å². The number of rotatable bonds is 2. The van der Waals surface area contributed by atoms with Gasteiger partial charge in [0.05, 0.1) is 10.7 Å². The number of nitrogens with zero attached hydrogens (tertiary/aromatic N) is 3. The molecule has 2 N–H and O–H groups in total. The Morgan fingerprint density at radius 2 is 1.89 bits per heavy atom. The quantitative estimate of drug-likeness (QED) is 0.783. The maximum absolute atomic E-state index is 12.9. The smallest absolute Gasteiger partial charge is 0.185 e. The third-order valence-electron chi connectivity index (χ3n) is 2.91. The molecule has 0 amide bonds. The van der Waals surface area contributed by atoms with Gasteiger partial charge < -0.3 is 5.73 Å². The lowest BCUT2D eigenvalue weighted by molar-refractivity contribution is 0.627. The van der Waals surface area contributed by atoms with E-state index in [1.807, 2.05) is 0 Å². The molecule has 0 atom stereocenters. The minimum Gasteiger partial charge on any atom is -0.394 e. The summed E-state index contributed by atoms with van der Waals surface area (Å²) >= 11 is 5.93. The van der Waals surface area contributed by atoms with Crippen LogP contribution in [-0.2, 0) is 6.42 Å². The van der Waals surface area contributed by atoms with Crippen LogP contribution in [-0.4, -0.2) is 14.6 Å². The van der Waals surface area contributed by atoms with Crippen LogP contribution in [0, 0.1) is 5.82 Å². The van der Waals surface area contributed by atoms with E-state index in [-0.39, 0.29) is 5.82 Å². The third-order valence-corrected chi connectivity index (χ3v) is 3.24. The van der Waals surface area contributed by atoms with Gasteiger partial charge in [0.1, 0.15) is 11.6 Å². The minimum absolute atomic E-state index is 0.258. The summed E-state index contributed by atoms with van der Waals surface area (Å²) < 4.78 is 14.6. The number of hydrogen-bond donors (Lipinski definition) is 1. The van der Waals surface area contributed by atoms with Gasteiger partial charge in [-0.3, -0.25) is 4.40 Å². The van der Waals surface area contributed by atoms with Gasteiger partial charge in [0.15, 0.2) is 5.65 Å². The number of nitrogen functional groups attached to an aromatic ring is 1. The molecule has 6 heteroatoms. The summed E-state index contributed by atoms with van der Waals surface area (Å²) in [5, 5.41) is 8.57. The summed E-state index contributed by atoms with van der Waals surface area (Å²) in [6.07, 6.45) is 2.31. The van der Waals surface area contributed by atoms with E-state index < -0.39 is 0 Å². The van der Waals surface area contributed by atoms with Crippen molar-refractivity contribution in [3.63, 3.8) is 0 Å². The van der Waals surface area contributed by atoms with Crippen molar-refractivity contribution < 1.29 is 4.39 Å². The number of anilines is 1. The van der Waals surface area contributed by atoms with Gasteiger partial charge in [-0.15, -0.1) is 10.2 Å². The Morgan fingerprint density at radius 1 is 1.16 bits per heavy atom. The number of fused-ring (bicyclic) bond motifs is 1. The summed E-state index contributed by atoms with van der Waals surface area (Å²) in [6.45, 7) is 0. The number of pyridine rings is 1. The molecular formula is C13H10ClFN4. The Kier molecular flexibility index (Phi) is 2.83. The van der Waals surface area contributed by atoms with E-state index in [1.54, 1.807) is 28.8 Å². The fourth-order valence-corrected chi connectivity index (χ4v) is 2.05. The highest BCUT2D eigenvalue weighted by Gasteiger charge is 2.10. The molecule has 3 rings (SSSR count). The van der Waals surface area contributed by atoms with Crippen molar-refractivity contribution in [2.24, 2.45) is 0 Å². The molecule has 3 aromatic rings. The minimum atomic E-state index is -0.258. The highest BCUT2D eigenvalue weighted by Crippen LogP contribution is 2.23. The van der Waals surface area contributed by atoms with Crippen LogP contribution in [0.1, 0.15) is 11.4 Å². The third kappa shape index (κ3) is 2.13. The predicted octanol–water partition coefficient (Wildman–Crippen LogP) is 2.69. The maximum Gasteiger partial charge on any atom is 0.185 e. The predicted molar refractivity (Wildman–Crippen MR) is 71.6 cm³/mol. The molecule has 2 aromatic heterocycles. The fraction of sp³-hybridized carbons (Fsp3) is 0.0769. The second kappa shape index (κ2) is 4.51. The van der Waals surface area contributed by atoms with E-state index in [2.05, 4.69) is 10.2 Å². The maximum atomic E-state index is 12.9. The number of aromatic nitrogens is 3. The van der Waals surface area contributed by atoms with Crippen LogP contribution in [0.25, 0.3) is 5.65 Å². The monoisotopic (exact) mass is 276 g/mol. The average molecular weight is 277 g/mol. The van der Waals surface area contributed by atoms with Gasteiger partial charge in [0.25, 0.3) is 0 Å². The molecule has 0 saturated carbocycles.